The Balaban J connectivity index is 1.37. The van der Waals surface area contributed by atoms with Gasteiger partial charge in [0, 0.05) is 23.7 Å². The Hall–Kier alpha value is -2.12. The number of nitrogens with one attached hydrogen (secondary N) is 2. The zero-order valence-electron chi connectivity index (χ0n) is 13.3. The lowest BCUT2D eigenvalue weighted by Gasteiger charge is -2.21. The predicted octanol–water partition coefficient (Wildman–Crippen LogP) is 2.57. The van der Waals surface area contributed by atoms with Crippen LogP contribution in [0, 0.1) is 0 Å². The predicted molar refractivity (Wildman–Crippen MR) is 91.0 cm³/mol. The summed E-state index contributed by atoms with van der Waals surface area (Å²) in [5, 5.41) is 8.95. The number of benzene rings is 1. The fourth-order valence-corrected chi connectivity index (χ4v) is 4.03. The Morgan fingerprint density at radius 1 is 1.33 bits per heavy atom. The van der Waals surface area contributed by atoms with Crippen molar-refractivity contribution >= 4 is 17.2 Å². The highest BCUT2D eigenvalue weighted by Gasteiger charge is 2.39. The lowest BCUT2D eigenvalue weighted by atomic mass is 9.95. The van der Waals surface area contributed by atoms with Crippen LogP contribution in [-0.4, -0.2) is 36.1 Å². The molecule has 0 unspecified atom stereocenters. The third-order valence-corrected chi connectivity index (χ3v) is 5.31. The Labute approximate surface area is 144 Å². The fraction of sp³-hybridized carbons (Fsp3) is 0.412. The van der Waals surface area contributed by atoms with Gasteiger partial charge in [0.1, 0.15) is 5.75 Å². The molecule has 3 heterocycles. The number of thiazole rings is 1. The van der Waals surface area contributed by atoms with E-state index in [0.717, 1.165) is 12.8 Å². The summed E-state index contributed by atoms with van der Waals surface area (Å²) >= 11 is 1.36. The SMILES string of the molecule is COc1csc(Oc2ccc(C(=O)N[C@@H]3C[C@H]4CC[C@@H]3N4)cc2)n1. The minimum Gasteiger partial charge on any atom is -0.480 e. The van der Waals surface area contributed by atoms with Crippen LogP contribution >= 0.6 is 11.3 Å². The number of methoxy groups -OCH3 is 1. The standard InChI is InChI=1S/C17H19N3O3S/c1-22-15-9-24-17(20-15)23-12-5-2-10(3-6-12)16(21)19-14-8-11-4-7-13(14)18-11/h2-3,5-6,9,11,13-14,18H,4,7-8H2,1H3,(H,19,21)/t11-,13+,14-/m1/s1. The molecule has 2 fully saturated rings. The van der Waals surface area contributed by atoms with Crippen molar-refractivity contribution < 1.29 is 14.3 Å². The average molecular weight is 345 g/mol. The highest BCUT2D eigenvalue weighted by atomic mass is 32.1. The van der Waals surface area contributed by atoms with Crippen LogP contribution in [0.15, 0.2) is 29.6 Å². The van der Waals surface area contributed by atoms with Crippen molar-refractivity contribution in [3.63, 3.8) is 0 Å². The van der Waals surface area contributed by atoms with Crippen molar-refractivity contribution in [2.45, 2.75) is 37.4 Å². The van der Waals surface area contributed by atoms with E-state index in [4.69, 9.17) is 9.47 Å². The molecule has 3 atom stereocenters. The molecule has 6 nitrogen and oxygen atoms in total. The molecule has 2 saturated heterocycles. The van der Waals surface area contributed by atoms with Gasteiger partial charge in [-0.1, -0.05) is 11.3 Å². The van der Waals surface area contributed by atoms with Gasteiger partial charge in [0.05, 0.1) is 12.5 Å². The van der Waals surface area contributed by atoms with Crippen LogP contribution in [-0.2, 0) is 0 Å². The van der Waals surface area contributed by atoms with Gasteiger partial charge in [-0.25, -0.2) is 0 Å². The molecule has 7 heteroatoms. The van der Waals surface area contributed by atoms with Crippen LogP contribution in [0.25, 0.3) is 0 Å². The monoisotopic (exact) mass is 345 g/mol. The van der Waals surface area contributed by atoms with Crippen LogP contribution in [0.5, 0.6) is 16.8 Å². The average Bonchev–Trinajstić information content (AvgIpc) is 3.32. The molecule has 2 N–H and O–H groups in total. The molecule has 4 rings (SSSR count). The van der Waals surface area contributed by atoms with Gasteiger partial charge in [0.2, 0.25) is 5.88 Å². The van der Waals surface area contributed by atoms with Crippen molar-refractivity contribution in [1.29, 1.82) is 0 Å². The van der Waals surface area contributed by atoms with Crippen molar-refractivity contribution in [2.75, 3.05) is 7.11 Å². The van der Waals surface area contributed by atoms with Gasteiger partial charge in [0.25, 0.3) is 11.1 Å². The molecule has 24 heavy (non-hydrogen) atoms. The smallest absolute Gasteiger partial charge is 0.282 e. The second kappa shape index (κ2) is 6.41. The quantitative estimate of drug-likeness (QED) is 0.871. The molecule has 2 bridgehead atoms. The maximum atomic E-state index is 12.4. The van der Waals surface area contributed by atoms with Crippen molar-refractivity contribution in [3.05, 3.63) is 35.2 Å². The van der Waals surface area contributed by atoms with Gasteiger partial charge in [-0.15, -0.1) is 0 Å². The molecule has 2 aliphatic rings. The summed E-state index contributed by atoms with van der Waals surface area (Å²) in [5.41, 5.74) is 0.641. The molecule has 0 aliphatic carbocycles. The number of hydrogen-bond donors (Lipinski definition) is 2. The number of amides is 1. The lowest BCUT2D eigenvalue weighted by molar-refractivity contribution is 0.0931. The van der Waals surface area contributed by atoms with E-state index >= 15 is 0 Å². The topological polar surface area (TPSA) is 72.5 Å². The number of ether oxygens (including phenoxy) is 2. The first-order valence-electron chi connectivity index (χ1n) is 8.05. The van der Waals surface area contributed by atoms with Crippen molar-refractivity contribution in [3.8, 4) is 16.8 Å². The molecule has 126 valence electrons. The van der Waals surface area contributed by atoms with Gasteiger partial charge in [-0.3, -0.25) is 4.79 Å². The number of aromatic nitrogens is 1. The number of carbonyl (C=O) groups excluding carboxylic acids is 1. The Morgan fingerprint density at radius 3 is 2.79 bits per heavy atom. The summed E-state index contributed by atoms with van der Waals surface area (Å²) in [6.45, 7) is 0. The van der Waals surface area contributed by atoms with E-state index in [1.165, 1.54) is 17.8 Å². The van der Waals surface area contributed by atoms with Crippen LogP contribution in [0.3, 0.4) is 0 Å². The summed E-state index contributed by atoms with van der Waals surface area (Å²) in [5.74, 6) is 1.15. The largest absolute Gasteiger partial charge is 0.480 e. The summed E-state index contributed by atoms with van der Waals surface area (Å²) in [7, 11) is 1.57. The Bertz CT molecular complexity index is 731. The summed E-state index contributed by atoms with van der Waals surface area (Å²) in [6, 6.07) is 8.36. The van der Waals surface area contributed by atoms with E-state index < -0.39 is 0 Å². The third kappa shape index (κ3) is 3.09. The molecule has 0 radical (unpaired) electrons. The van der Waals surface area contributed by atoms with Crippen molar-refractivity contribution in [1.82, 2.24) is 15.6 Å². The highest BCUT2D eigenvalue weighted by Crippen LogP contribution is 2.29. The van der Waals surface area contributed by atoms with Gasteiger partial charge < -0.3 is 20.1 Å². The molecule has 1 amide bonds. The molecule has 1 aromatic heterocycles. The zero-order chi connectivity index (χ0) is 16.5. The normalized spacial score (nSPS) is 24.8. The number of nitrogens with zero attached hydrogens (tertiary/aromatic N) is 1. The first-order valence-corrected chi connectivity index (χ1v) is 8.93. The van der Waals surface area contributed by atoms with E-state index in [1.807, 2.05) is 0 Å². The van der Waals surface area contributed by atoms with Crippen LogP contribution in [0.4, 0.5) is 0 Å². The van der Waals surface area contributed by atoms with Gasteiger partial charge in [-0.2, -0.15) is 4.98 Å². The van der Waals surface area contributed by atoms with E-state index in [2.05, 4.69) is 15.6 Å². The first kappa shape index (κ1) is 15.4. The fourth-order valence-electron chi connectivity index (χ4n) is 3.39. The number of hydrogen-bond acceptors (Lipinski definition) is 6. The van der Waals surface area contributed by atoms with Gasteiger partial charge in [0.15, 0.2) is 0 Å². The van der Waals surface area contributed by atoms with E-state index in [-0.39, 0.29) is 11.9 Å². The zero-order valence-corrected chi connectivity index (χ0v) is 14.1. The van der Waals surface area contributed by atoms with Gasteiger partial charge in [-0.05, 0) is 43.5 Å². The number of carbonyl (C=O) groups is 1. The minimum atomic E-state index is -0.0307. The second-order valence-corrected chi connectivity index (χ2v) is 6.97. The lowest BCUT2D eigenvalue weighted by Crippen LogP contribution is -2.42. The van der Waals surface area contributed by atoms with Gasteiger partial charge >= 0.3 is 0 Å². The van der Waals surface area contributed by atoms with Crippen LogP contribution < -0.4 is 20.1 Å². The van der Waals surface area contributed by atoms with E-state index in [0.29, 0.717) is 34.5 Å². The Kier molecular flexibility index (Phi) is 4.12. The van der Waals surface area contributed by atoms with Crippen LogP contribution in [0.2, 0.25) is 0 Å². The van der Waals surface area contributed by atoms with Crippen LogP contribution in [0.1, 0.15) is 29.6 Å². The van der Waals surface area contributed by atoms with E-state index in [9.17, 15) is 4.79 Å². The molecule has 2 aromatic rings. The number of fused-ring (bicyclic) bond motifs is 2. The summed E-state index contributed by atoms with van der Waals surface area (Å²) < 4.78 is 10.7. The van der Waals surface area contributed by atoms with E-state index in [1.54, 1.807) is 36.8 Å². The minimum absolute atomic E-state index is 0.0307. The first-order chi connectivity index (χ1) is 11.7. The molecule has 2 aliphatic heterocycles. The molecular formula is C17H19N3O3S. The molecule has 1 aromatic carbocycles. The second-order valence-electron chi connectivity index (χ2n) is 6.15. The molecule has 0 spiro atoms. The van der Waals surface area contributed by atoms with Crippen molar-refractivity contribution in [2.24, 2.45) is 0 Å². The molecular weight excluding hydrogens is 326 g/mol. The number of rotatable bonds is 5. The molecule has 0 saturated carbocycles. The highest BCUT2D eigenvalue weighted by molar-refractivity contribution is 7.11. The summed E-state index contributed by atoms with van der Waals surface area (Å²) in [4.78, 5) is 16.5. The maximum Gasteiger partial charge on any atom is 0.282 e. The Morgan fingerprint density at radius 2 is 2.17 bits per heavy atom. The third-order valence-electron chi connectivity index (χ3n) is 4.61. The maximum absolute atomic E-state index is 12.4. The summed E-state index contributed by atoms with van der Waals surface area (Å²) in [6.07, 6.45) is 3.41.